The molecule has 0 saturated carbocycles. The van der Waals surface area contributed by atoms with Crippen LogP contribution in [-0.4, -0.2) is 28.1 Å². The molecule has 1 aliphatic rings. The third-order valence-electron chi connectivity index (χ3n) is 4.57. The fourth-order valence-corrected chi connectivity index (χ4v) is 3.10. The van der Waals surface area contributed by atoms with Crippen molar-refractivity contribution in [1.82, 2.24) is 4.98 Å². The van der Waals surface area contributed by atoms with Crippen LogP contribution in [0.25, 0.3) is 0 Å². The van der Waals surface area contributed by atoms with Gasteiger partial charge in [-0.2, -0.15) is 0 Å². The highest BCUT2D eigenvalue weighted by molar-refractivity contribution is 6.08. The number of ether oxygens (including phenoxy) is 1. The third kappa shape index (κ3) is 3.60. The summed E-state index contributed by atoms with van der Waals surface area (Å²) in [6.45, 7) is -0.432. The van der Waals surface area contributed by atoms with Crippen LogP contribution in [0.15, 0.2) is 66.7 Å². The van der Waals surface area contributed by atoms with Crippen LogP contribution in [0.3, 0.4) is 0 Å². The van der Waals surface area contributed by atoms with Gasteiger partial charge < -0.3 is 14.9 Å². The maximum Gasteiger partial charge on any atom is 0.366 e. The molecule has 150 valence electrons. The number of rotatable bonds is 5. The molecule has 0 N–H and O–H groups in total. The normalized spacial score (nSPS) is 15.3. The number of pyridine rings is 1. The Morgan fingerprint density at radius 1 is 1.10 bits per heavy atom. The summed E-state index contributed by atoms with van der Waals surface area (Å²) in [5.74, 6) is -2.02. The van der Waals surface area contributed by atoms with Crippen molar-refractivity contribution >= 4 is 23.3 Å². The Morgan fingerprint density at radius 2 is 1.80 bits per heavy atom. The number of carbonyl (C=O) groups is 2. The maximum absolute atomic E-state index is 13.2. The Labute approximate surface area is 169 Å². The molecule has 1 atom stereocenters. The fourth-order valence-electron chi connectivity index (χ4n) is 3.10. The van der Waals surface area contributed by atoms with Gasteiger partial charge in [0.05, 0.1) is 6.54 Å². The van der Waals surface area contributed by atoms with Gasteiger partial charge in [-0.05, 0) is 40.2 Å². The molecule has 0 saturated heterocycles. The Morgan fingerprint density at radius 3 is 2.47 bits per heavy atom. The van der Waals surface area contributed by atoms with Crippen LogP contribution in [0.5, 0.6) is 5.75 Å². The SMILES string of the molecule is O=C(CN1C(=O)C(c2ccccc2)Oc2ccc([N+](=O)[O-])nc21)c1ccc(F)cc1. The molecule has 8 nitrogen and oxygen atoms in total. The van der Waals surface area contributed by atoms with Gasteiger partial charge >= 0.3 is 5.82 Å². The molecule has 0 aliphatic carbocycles. The summed E-state index contributed by atoms with van der Waals surface area (Å²) >= 11 is 0. The molecule has 4 rings (SSSR count). The van der Waals surface area contributed by atoms with E-state index in [2.05, 4.69) is 4.98 Å². The van der Waals surface area contributed by atoms with E-state index in [0.717, 1.165) is 23.1 Å². The summed E-state index contributed by atoms with van der Waals surface area (Å²) in [6.07, 6.45) is -1.04. The quantitative estimate of drug-likeness (QED) is 0.364. The monoisotopic (exact) mass is 407 g/mol. The van der Waals surface area contributed by atoms with E-state index in [-0.39, 0.29) is 17.1 Å². The summed E-state index contributed by atoms with van der Waals surface area (Å²) in [6, 6.07) is 16.1. The minimum Gasteiger partial charge on any atom is -0.469 e. The Bertz CT molecular complexity index is 1140. The molecule has 30 heavy (non-hydrogen) atoms. The number of nitro groups is 1. The molecule has 0 spiro atoms. The second kappa shape index (κ2) is 7.70. The van der Waals surface area contributed by atoms with Crippen molar-refractivity contribution in [3.8, 4) is 5.75 Å². The molecular formula is C21H14FN3O5. The minimum atomic E-state index is -1.04. The predicted octanol–water partition coefficient (Wildman–Crippen LogP) is 3.48. The molecule has 1 unspecified atom stereocenters. The van der Waals surface area contributed by atoms with Crippen molar-refractivity contribution in [2.45, 2.75) is 6.10 Å². The van der Waals surface area contributed by atoms with E-state index in [4.69, 9.17) is 4.74 Å². The number of hydrogen-bond acceptors (Lipinski definition) is 6. The molecule has 0 radical (unpaired) electrons. The van der Waals surface area contributed by atoms with Crippen LogP contribution in [0.2, 0.25) is 0 Å². The number of nitrogens with zero attached hydrogens (tertiary/aromatic N) is 3. The van der Waals surface area contributed by atoms with Crippen molar-refractivity contribution in [2.75, 3.05) is 11.4 Å². The van der Waals surface area contributed by atoms with Gasteiger partial charge in [0.25, 0.3) is 11.7 Å². The van der Waals surface area contributed by atoms with Gasteiger partial charge in [0.15, 0.2) is 11.5 Å². The molecule has 1 aromatic heterocycles. The van der Waals surface area contributed by atoms with Gasteiger partial charge in [-0.25, -0.2) is 4.39 Å². The topological polar surface area (TPSA) is 103 Å². The lowest BCUT2D eigenvalue weighted by Crippen LogP contribution is -2.44. The maximum atomic E-state index is 13.2. The summed E-state index contributed by atoms with van der Waals surface area (Å²) < 4.78 is 18.9. The van der Waals surface area contributed by atoms with Crippen LogP contribution in [0.1, 0.15) is 22.0 Å². The van der Waals surface area contributed by atoms with E-state index in [1.165, 1.54) is 18.2 Å². The second-order valence-electron chi connectivity index (χ2n) is 6.51. The number of ketones is 1. The van der Waals surface area contributed by atoms with E-state index < -0.39 is 40.9 Å². The zero-order chi connectivity index (χ0) is 21.3. The van der Waals surface area contributed by atoms with Crippen molar-refractivity contribution < 1.29 is 23.6 Å². The van der Waals surface area contributed by atoms with Gasteiger partial charge in [0.1, 0.15) is 5.82 Å². The zero-order valence-electron chi connectivity index (χ0n) is 15.4. The molecule has 3 aromatic rings. The van der Waals surface area contributed by atoms with Crippen LogP contribution in [0.4, 0.5) is 16.0 Å². The summed E-state index contributed by atoms with van der Waals surface area (Å²) in [4.78, 5) is 41.3. The van der Waals surface area contributed by atoms with Crippen molar-refractivity contribution in [2.24, 2.45) is 0 Å². The number of Topliss-reactive ketones (excluding diaryl/α,β-unsaturated/α-hetero) is 1. The second-order valence-corrected chi connectivity index (χ2v) is 6.51. The first-order valence-corrected chi connectivity index (χ1v) is 8.91. The third-order valence-corrected chi connectivity index (χ3v) is 4.57. The molecule has 0 bridgehead atoms. The van der Waals surface area contributed by atoms with Gasteiger partial charge in [-0.1, -0.05) is 30.3 Å². The fraction of sp³-hybridized carbons (Fsp3) is 0.0952. The number of amides is 1. The molecule has 2 aromatic carbocycles. The van der Waals surface area contributed by atoms with Crippen molar-refractivity contribution in [3.63, 3.8) is 0 Å². The number of halogens is 1. The lowest BCUT2D eigenvalue weighted by Gasteiger charge is -2.31. The molecule has 1 amide bonds. The summed E-state index contributed by atoms with van der Waals surface area (Å²) in [5, 5.41) is 11.1. The summed E-state index contributed by atoms with van der Waals surface area (Å²) in [5.41, 5.74) is 0.754. The van der Waals surface area contributed by atoms with E-state index in [0.29, 0.717) is 5.56 Å². The van der Waals surface area contributed by atoms with Crippen LogP contribution < -0.4 is 9.64 Å². The van der Waals surface area contributed by atoms with Crippen LogP contribution >= 0.6 is 0 Å². The predicted molar refractivity (Wildman–Crippen MR) is 104 cm³/mol. The van der Waals surface area contributed by atoms with E-state index in [1.807, 2.05) is 0 Å². The number of hydrogen-bond donors (Lipinski definition) is 0. The van der Waals surface area contributed by atoms with Gasteiger partial charge in [-0.15, -0.1) is 0 Å². The summed E-state index contributed by atoms with van der Waals surface area (Å²) in [7, 11) is 0. The minimum absolute atomic E-state index is 0.114. The van der Waals surface area contributed by atoms with E-state index in [1.54, 1.807) is 30.3 Å². The van der Waals surface area contributed by atoms with E-state index in [9.17, 15) is 24.1 Å². The van der Waals surface area contributed by atoms with Crippen molar-refractivity contribution in [3.05, 3.63) is 93.8 Å². The highest BCUT2D eigenvalue weighted by Crippen LogP contribution is 2.38. The first-order chi connectivity index (χ1) is 14.4. The number of carbonyl (C=O) groups excluding carboxylic acids is 2. The number of aromatic nitrogens is 1. The van der Waals surface area contributed by atoms with Crippen LogP contribution in [0, 0.1) is 15.9 Å². The number of benzene rings is 2. The smallest absolute Gasteiger partial charge is 0.366 e. The Hall–Kier alpha value is -4.14. The molecule has 2 heterocycles. The van der Waals surface area contributed by atoms with E-state index >= 15 is 0 Å². The van der Waals surface area contributed by atoms with Crippen LogP contribution in [-0.2, 0) is 4.79 Å². The molecule has 0 fully saturated rings. The largest absolute Gasteiger partial charge is 0.469 e. The standard InChI is InChI=1S/C21H14FN3O5/c22-15-8-6-13(7-9-15)16(26)12-24-20-17(10-11-18(23-20)25(28)29)30-19(21(24)27)14-4-2-1-3-5-14/h1-11,19H,12H2. The highest BCUT2D eigenvalue weighted by atomic mass is 19.1. The van der Waals surface area contributed by atoms with Gasteiger partial charge in [-0.3, -0.25) is 14.5 Å². The Kier molecular flexibility index (Phi) is 4.93. The molecule has 1 aliphatic heterocycles. The first-order valence-electron chi connectivity index (χ1n) is 8.91. The van der Waals surface area contributed by atoms with Gasteiger partial charge in [0.2, 0.25) is 6.10 Å². The average molecular weight is 407 g/mol. The number of anilines is 1. The lowest BCUT2D eigenvalue weighted by molar-refractivity contribution is -0.389. The van der Waals surface area contributed by atoms with Gasteiger partial charge in [0, 0.05) is 17.2 Å². The average Bonchev–Trinajstić information content (AvgIpc) is 2.76. The van der Waals surface area contributed by atoms with Crippen molar-refractivity contribution in [1.29, 1.82) is 0 Å². The Balaban J connectivity index is 1.74. The zero-order valence-corrected chi connectivity index (χ0v) is 15.4. The molecule has 9 heteroatoms. The number of fused-ring (bicyclic) bond motifs is 1. The highest BCUT2D eigenvalue weighted by Gasteiger charge is 2.40. The molecular weight excluding hydrogens is 393 g/mol. The lowest BCUT2D eigenvalue weighted by atomic mass is 10.1. The first kappa shape index (κ1) is 19.2.